The number of nitrogens with zero attached hydrogens (tertiary/aromatic N) is 1. The number of hydrogen-bond donors (Lipinski definition) is 3. The standard InChI is InChI=1S/C18H21N3O3/c1-11-9-16(23)21(2)10-14(11)19-18(24)20-17-13-6-4-3-5-12(13)7-8-15(17)22/h3-6,9-10,15,17,22H,7-8H2,1-2H3,(H2,19,20,24)/t15-,17+/m1/s1. The zero-order valence-corrected chi connectivity index (χ0v) is 13.7. The highest BCUT2D eigenvalue weighted by molar-refractivity contribution is 5.90. The maximum Gasteiger partial charge on any atom is 0.319 e. The van der Waals surface area contributed by atoms with E-state index in [9.17, 15) is 14.7 Å². The summed E-state index contributed by atoms with van der Waals surface area (Å²) in [5.74, 6) is 0. The number of urea groups is 1. The van der Waals surface area contributed by atoms with Gasteiger partial charge in [0.15, 0.2) is 0 Å². The Morgan fingerprint density at radius 2 is 2.08 bits per heavy atom. The third kappa shape index (κ3) is 3.19. The SMILES string of the molecule is Cc1cc(=O)n(C)cc1NC(=O)N[C@H]1c2ccccc2CC[C@H]1O. The fraction of sp³-hybridized carbons (Fsp3) is 0.333. The molecule has 1 aliphatic rings. The Bertz CT molecular complexity index is 828. The summed E-state index contributed by atoms with van der Waals surface area (Å²) in [5.41, 5.74) is 3.22. The maximum absolute atomic E-state index is 12.4. The van der Waals surface area contributed by atoms with Gasteiger partial charge in [0.2, 0.25) is 0 Å². The van der Waals surface area contributed by atoms with E-state index in [1.54, 1.807) is 20.2 Å². The highest BCUT2D eigenvalue weighted by Gasteiger charge is 2.29. The Labute approximate surface area is 140 Å². The third-order valence-electron chi connectivity index (χ3n) is 4.45. The zero-order chi connectivity index (χ0) is 17.3. The van der Waals surface area contributed by atoms with Crippen LogP contribution in [-0.2, 0) is 13.5 Å². The minimum atomic E-state index is -0.619. The van der Waals surface area contributed by atoms with Crippen LogP contribution in [0, 0.1) is 6.92 Å². The molecule has 6 heteroatoms. The highest BCUT2D eigenvalue weighted by atomic mass is 16.3. The average Bonchev–Trinajstić information content (AvgIpc) is 2.55. The van der Waals surface area contributed by atoms with Crippen molar-refractivity contribution < 1.29 is 9.90 Å². The maximum atomic E-state index is 12.4. The molecule has 1 aromatic carbocycles. The smallest absolute Gasteiger partial charge is 0.319 e. The van der Waals surface area contributed by atoms with E-state index in [4.69, 9.17) is 0 Å². The molecule has 126 valence electrons. The molecule has 0 aliphatic heterocycles. The topological polar surface area (TPSA) is 83.4 Å². The van der Waals surface area contributed by atoms with Gasteiger partial charge >= 0.3 is 6.03 Å². The second kappa shape index (κ2) is 6.49. The first-order valence-corrected chi connectivity index (χ1v) is 7.96. The predicted molar refractivity (Wildman–Crippen MR) is 92.1 cm³/mol. The number of rotatable bonds is 2. The van der Waals surface area contributed by atoms with Gasteiger partial charge in [0.05, 0.1) is 17.8 Å². The van der Waals surface area contributed by atoms with Crippen molar-refractivity contribution in [2.24, 2.45) is 7.05 Å². The Morgan fingerprint density at radius 1 is 1.33 bits per heavy atom. The van der Waals surface area contributed by atoms with E-state index >= 15 is 0 Å². The molecule has 0 saturated carbocycles. The first-order chi connectivity index (χ1) is 11.5. The van der Waals surface area contributed by atoms with E-state index in [-0.39, 0.29) is 5.56 Å². The number of hydrogen-bond acceptors (Lipinski definition) is 3. The average molecular weight is 327 g/mol. The molecule has 2 atom stereocenters. The van der Waals surface area contributed by atoms with Gasteiger partial charge in [-0.2, -0.15) is 0 Å². The number of carbonyl (C=O) groups is 1. The van der Waals surface area contributed by atoms with Crippen LogP contribution in [0.15, 0.2) is 41.3 Å². The van der Waals surface area contributed by atoms with Crippen LogP contribution in [0.2, 0.25) is 0 Å². The molecular weight excluding hydrogens is 306 g/mol. The molecule has 1 aromatic heterocycles. The second-order valence-electron chi connectivity index (χ2n) is 6.20. The summed E-state index contributed by atoms with van der Waals surface area (Å²) in [5, 5.41) is 15.9. The lowest BCUT2D eigenvalue weighted by molar-refractivity contribution is 0.114. The van der Waals surface area contributed by atoms with Gasteiger partial charge in [-0.1, -0.05) is 24.3 Å². The number of aliphatic hydroxyl groups is 1. The van der Waals surface area contributed by atoms with Crippen molar-refractivity contribution in [3.8, 4) is 0 Å². The van der Waals surface area contributed by atoms with Crippen LogP contribution in [0.25, 0.3) is 0 Å². The number of carbonyl (C=O) groups excluding carboxylic acids is 1. The van der Waals surface area contributed by atoms with Crippen LogP contribution < -0.4 is 16.2 Å². The number of aliphatic hydroxyl groups excluding tert-OH is 1. The van der Waals surface area contributed by atoms with Crippen molar-refractivity contribution in [2.75, 3.05) is 5.32 Å². The Hall–Kier alpha value is -2.60. The third-order valence-corrected chi connectivity index (χ3v) is 4.45. The first-order valence-electron chi connectivity index (χ1n) is 7.96. The van der Waals surface area contributed by atoms with E-state index in [0.29, 0.717) is 17.7 Å². The fourth-order valence-corrected chi connectivity index (χ4v) is 3.07. The molecule has 0 spiro atoms. The van der Waals surface area contributed by atoms with Crippen LogP contribution in [0.3, 0.4) is 0 Å². The number of anilines is 1. The van der Waals surface area contributed by atoms with Gasteiger partial charge in [-0.15, -0.1) is 0 Å². The molecule has 0 fully saturated rings. The summed E-state index contributed by atoms with van der Waals surface area (Å²) in [6, 6.07) is 8.44. The minimum absolute atomic E-state index is 0.130. The Balaban J connectivity index is 1.78. The molecule has 0 radical (unpaired) electrons. The molecule has 3 rings (SSSR count). The molecule has 6 nitrogen and oxygen atoms in total. The lowest BCUT2D eigenvalue weighted by atomic mass is 9.86. The van der Waals surface area contributed by atoms with Crippen LogP contribution in [-0.4, -0.2) is 21.8 Å². The second-order valence-corrected chi connectivity index (χ2v) is 6.20. The van der Waals surface area contributed by atoms with Gasteiger partial charge in [-0.3, -0.25) is 4.79 Å². The largest absolute Gasteiger partial charge is 0.391 e. The molecule has 1 heterocycles. The van der Waals surface area contributed by atoms with Crippen LogP contribution in [0.1, 0.15) is 29.2 Å². The molecule has 0 unspecified atom stereocenters. The first kappa shape index (κ1) is 16.3. The zero-order valence-electron chi connectivity index (χ0n) is 13.7. The summed E-state index contributed by atoms with van der Waals surface area (Å²) in [4.78, 5) is 23.9. The van der Waals surface area contributed by atoms with Crippen molar-refractivity contribution >= 4 is 11.7 Å². The predicted octanol–water partition coefficient (Wildman–Crippen LogP) is 1.86. The van der Waals surface area contributed by atoms with Gasteiger partial charge < -0.3 is 20.3 Å². The minimum Gasteiger partial charge on any atom is -0.391 e. The number of nitrogens with one attached hydrogen (secondary N) is 2. The monoisotopic (exact) mass is 327 g/mol. The molecule has 1 aliphatic carbocycles. The van der Waals surface area contributed by atoms with E-state index in [0.717, 1.165) is 17.5 Å². The van der Waals surface area contributed by atoms with Crippen molar-refractivity contribution in [3.05, 3.63) is 63.6 Å². The van der Waals surface area contributed by atoms with Crippen LogP contribution in [0.4, 0.5) is 10.5 Å². The van der Waals surface area contributed by atoms with Crippen molar-refractivity contribution in [1.29, 1.82) is 0 Å². The summed E-state index contributed by atoms with van der Waals surface area (Å²) in [6.45, 7) is 1.77. The number of pyridine rings is 1. The highest BCUT2D eigenvalue weighted by Crippen LogP contribution is 2.30. The molecule has 0 saturated heterocycles. The van der Waals surface area contributed by atoms with Gasteiger partial charge in [-0.05, 0) is 36.5 Å². The summed E-state index contributed by atoms with van der Waals surface area (Å²) in [6.07, 6.45) is 2.38. The van der Waals surface area contributed by atoms with Crippen molar-refractivity contribution in [3.63, 3.8) is 0 Å². The van der Waals surface area contributed by atoms with E-state index in [2.05, 4.69) is 10.6 Å². The molecular formula is C18H21N3O3. The molecule has 3 N–H and O–H groups in total. The number of benzene rings is 1. The lowest BCUT2D eigenvalue weighted by Gasteiger charge is -2.31. The summed E-state index contributed by atoms with van der Waals surface area (Å²) < 4.78 is 1.41. The van der Waals surface area contributed by atoms with Crippen LogP contribution >= 0.6 is 0 Å². The summed E-state index contributed by atoms with van der Waals surface area (Å²) >= 11 is 0. The normalized spacial score (nSPS) is 19.5. The van der Waals surface area contributed by atoms with E-state index < -0.39 is 18.2 Å². The van der Waals surface area contributed by atoms with Gasteiger partial charge in [0, 0.05) is 19.3 Å². The fourth-order valence-electron chi connectivity index (χ4n) is 3.07. The number of aryl methyl sites for hydroxylation is 3. The molecule has 0 bridgehead atoms. The quantitative estimate of drug-likeness (QED) is 0.787. The van der Waals surface area contributed by atoms with Crippen molar-refractivity contribution in [2.45, 2.75) is 31.9 Å². The number of fused-ring (bicyclic) bond motifs is 1. The van der Waals surface area contributed by atoms with Gasteiger partial charge in [0.1, 0.15) is 0 Å². The Morgan fingerprint density at radius 3 is 2.88 bits per heavy atom. The Kier molecular flexibility index (Phi) is 4.40. The number of amides is 2. The van der Waals surface area contributed by atoms with E-state index in [1.807, 2.05) is 24.3 Å². The van der Waals surface area contributed by atoms with Crippen LogP contribution in [0.5, 0.6) is 0 Å². The molecule has 2 aromatic rings. The number of aromatic nitrogens is 1. The van der Waals surface area contributed by atoms with Crippen molar-refractivity contribution in [1.82, 2.24) is 9.88 Å². The summed E-state index contributed by atoms with van der Waals surface area (Å²) in [7, 11) is 1.63. The van der Waals surface area contributed by atoms with E-state index in [1.165, 1.54) is 10.6 Å². The van der Waals surface area contributed by atoms with Gasteiger partial charge in [0.25, 0.3) is 5.56 Å². The molecule has 24 heavy (non-hydrogen) atoms. The molecule has 2 amide bonds. The van der Waals surface area contributed by atoms with Gasteiger partial charge in [-0.25, -0.2) is 4.79 Å². The lowest BCUT2D eigenvalue weighted by Crippen LogP contribution is -2.41.